The van der Waals surface area contributed by atoms with Crippen molar-refractivity contribution in [2.75, 3.05) is 39.7 Å². The van der Waals surface area contributed by atoms with Crippen molar-refractivity contribution >= 4 is 64.1 Å². The van der Waals surface area contributed by atoms with E-state index >= 15 is 0 Å². The van der Waals surface area contributed by atoms with Crippen LogP contribution in [0.3, 0.4) is 0 Å². The van der Waals surface area contributed by atoms with Gasteiger partial charge in [0.05, 0.1) is 86.3 Å². The Morgan fingerprint density at radius 3 is 0.852 bits per heavy atom. The number of halogens is 10. The highest BCUT2D eigenvalue weighted by Gasteiger charge is 2.48. The lowest BCUT2D eigenvalue weighted by atomic mass is 9.81. The monoisotopic (exact) mass is 1970 g/mol. The number of amides is 8. The first kappa shape index (κ1) is 107. The quantitative estimate of drug-likeness (QED) is 0.0228. The van der Waals surface area contributed by atoms with Gasteiger partial charge in [0.15, 0.2) is 0 Å². The van der Waals surface area contributed by atoms with Crippen LogP contribution in [-0.4, -0.2) is 150 Å². The predicted molar refractivity (Wildman–Crippen MR) is 521 cm³/mol. The van der Waals surface area contributed by atoms with E-state index in [0.29, 0.717) is 40.8 Å². The lowest BCUT2D eigenvalue weighted by Crippen LogP contribution is -2.47. The van der Waals surface area contributed by atoms with Gasteiger partial charge in [0, 0.05) is 50.1 Å². The number of carbonyl (C=O) groups is 9. The molecule has 0 bridgehead atoms. The third-order valence-corrected chi connectivity index (χ3v) is 25.0. The average molecular weight is 1970 g/mol. The highest BCUT2D eigenvalue weighted by Crippen LogP contribution is 2.47. The number of nitrogens with zero attached hydrogens (tertiary/aromatic N) is 8. The number of benzene rings is 9. The fraction of sp³-hybridized carbons (Fsp3) is 0.351. The van der Waals surface area contributed by atoms with Gasteiger partial charge in [-0.1, -0.05) is 231 Å². The van der Waals surface area contributed by atoms with Gasteiger partial charge in [-0.25, -0.2) is 54.5 Å². The molecule has 142 heavy (non-hydrogen) atoms. The van der Waals surface area contributed by atoms with Gasteiger partial charge in [-0.2, -0.15) is 0 Å². The lowest BCUT2D eigenvalue weighted by Gasteiger charge is -2.41. The van der Waals surface area contributed by atoms with Crippen molar-refractivity contribution in [3.8, 4) is 34.4 Å². The second-order valence-corrected chi connectivity index (χ2v) is 39.7. The number of nitrogens with one attached hydrogen (secondary N) is 1. The summed E-state index contributed by atoms with van der Waals surface area (Å²) in [5.41, 5.74) is 3.05. The van der Waals surface area contributed by atoms with E-state index in [1.807, 2.05) is 153 Å². The van der Waals surface area contributed by atoms with E-state index in [1.165, 1.54) is 24.3 Å². The number of alkyl halides is 3. The first-order valence-corrected chi connectivity index (χ1v) is 47.3. The first-order valence-electron chi connectivity index (χ1n) is 46.9. The van der Waals surface area contributed by atoms with Crippen molar-refractivity contribution in [1.29, 1.82) is 0 Å². The average Bonchev–Trinajstić information content (AvgIpc) is 1.64. The summed E-state index contributed by atoms with van der Waals surface area (Å²) in [4.78, 5) is 137. The summed E-state index contributed by atoms with van der Waals surface area (Å²) in [7, 11) is 0. The van der Waals surface area contributed by atoms with E-state index < -0.39 is 155 Å². The maximum Gasteiger partial charge on any atom is 0.261 e. The van der Waals surface area contributed by atoms with E-state index in [4.69, 9.17) is 34.8 Å². The predicted octanol–water partition coefficient (Wildman–Crippen LogP) is 23.9. The Labute approximate surface area is 824 Å². The van der Waals surface area contributed by atoms with Gasteiger partial charge < -0.3 is 28.4 Å². The molecule has 1 unspecified atom stereocenters. The Balaban J connectivity index is 0.000000185. The Morgan fingerprint density at radius 2 is 0.606 bits per heavy atom. The summed E-state index contributed by atoms with van der Waals surface area (Å²) in [5.74, 6) is -8.02. The molecule has 0 fully saturated rings. The van der Waals surface area contributed by atoms with E-state index in [1.54, 1.807) is 99.9 Å². The molecule has 3 aliphatic heterocycles. The summed E-state index contributed by atoms with van der Waals surface area (Å²) < 4.78 is 149. The number of hydrogen-bond acceptors (Lipinski definition) is 16. The second kappa shape index (κ2) is 46.3. The molecule has 6 atom stereocenters. The van der Waals surface area contributed by atoms with Crippen LogP contribution >= 0.6 is 11.6 Å². The van der Waals surface area contributed by atoms with Crippen LogP contribution < -0.4 is 5.32 Å². The molecule has 3 aliphatic rings. The zero-order chi connectivity index (χ0) is 103. The largest absolute Gasteiger partial charge is 0.440 e. The second-order valence-electron chi connectivity index (χ2n) is 39.3. The lowest BCUT2D eigenvalue weighted by molar-refractivity contribution is -0.140. The van der Waals surface area contributed by atoms with Gasteiger partial charge >= 0.3 is 0 Å². The Hall–Kier alpha value is -13.7. The highest BCUT2D eigenvalue weighted by molar-refractivity contribution is 6.63. The number of hydrogen-bond donors (Lipinski definition) is 1. The molecular formula is C111H115ClF9N9O12. The molecule has 746 valence electrons. The molecule has 0 saturated carbocycles. The summed E-state index contributed by atoms with van der Waals surface area (Å²) in [6.07, 6.45) is 0.938. The number of oxazole rings is 3. The molecule has 8 amide bonds. The van der Waals surface area contributed by atoms with Crippen molar-refractivity contribution in [1.82, 2.24) is 44.8 Å². The molecule has 31 heteroatoms. The van der Waals surface area contributed by atoms with E-state index in [-0.39, 0.29) is 142 Å². The Morgan fingerprint density at radius 1 is 0.352 bits per heavy atom. The maximum absolute atomic E-state index is 15.0. The van der Waals surface area contributed by atoms with E-state index in [0.717, 1.165) is 86.0 Å². The van der Waals surface area contributed by atoms with Crippen LogP contribution in [0, 0.1) is 68.9 Å². The number of carbonyl (C=O) groups excluding carboxylic acids is 9. The SMILES string of the molecule is CC(C)(C)C(NCC[C@@H](CF)N1C(=O)c2ccccc2C1=O)c1nc(-c2cc(F)ccc2F)oc1Cc1ccccc1.CC(C)C(=O)Cl.CC(C)C(=O)N(CC[C@@H](CF)N1C(=O)c2ccccc2C1=O)[C@@H](c1nc(-c2cc(F)ccc2F)oc1Cc1ccccc1)C(C)(C)C.CC(C)C(=O)N(CC[C@@H](CF)N1C(=O)c2ccccc2C1=O)[C@H](c1nc(-c2cc(F)ccc2F)oc1Cc1ccccc1)C(C)(C)C. The molecule has 3 aromatic heterocycles. The van der Waals surface area contributed by atoms with Crippen LogP contribution in [0.2, 0.25) is 0 Å². The number of fused-ring (bicyclic) bond motifs is 3. The summed E-state index contributed by atoms with van der Waals surface area (Å²) >= 11 is 4.97. The molecule has 0 aliphatic carbocycles. The molecule has 1 N–H and O–H groups in total. The highest BCUT2D eigenvalue weighted by atomic mass is 35.5. The maximum atomic E-state index is 15.0. The minimum absolute atomic E-state index is 0.0216. The van der Waals surface area contributed by atoms with Crippen molar-refractivity contribution in [3.63, 3.8) is 0 Å². The molecule has 6 heterocycles. The zero-order valence-electron chi connectivity index (χ0n) is 81.7. The van der Waals surface area contributed by atoms with Crippen LogP contribution in [0.4, 0.5) is 39.5 Å². The molecule has 0 spiro atoms. The zero-order valence-corrected chi connectivity index (χ0v) is 82.5. The number of rotatable bonds is 33. The van der Waals surface area contributed by atoms with Gasteiger partial charge in [0.2, 0.25) is 34.7 Å². The first-order chi connectivity index (χ1) is 67.3. The van der Waals surface area contributed by atoms with Gasteiger partial charge in [0.25, 0.3) is 35.4 Å². The third kappa shape index (κ3) is 24.9. The fourth-order valence-corrected chi connectivity index (χ4v) is 17.5. The summed E-state index contributed by atoms with van der Waals surface area (Å²) in [5, 5.41) is 3.16. The molecule has 0 saturated heterocycles. The number of imide groups is 3. The molecule has 12 aromatic rings. The van der Waals surface area contributed by atoms with Crippen molar-refractivity contribution < 1.29 is 95.9 Å². The van der Waals surface area contributed by atoms with Crippen molar-refractivity contribution in [3.05, 3.63) is 338 Å². The molecule has 0 radical (unpaired) electrons. The summed E-state index contributed by atoms with van der Waals surface area (Å²) in [6.45, 7) is 25.3. The number of aromatic nitrogens is 3. The van der Waals surface area contributed by atoms with Crippen LogP contribution in [0.15, 0.2) is 232 Å². The Kier molecular flexibility index (Phi) is 34.9. The minimum Gasteiger partial charge on any atom is -0.440 e. The topological polar surface area (TPSA) is 260 Å². The van der Waals surface area contributed by atoms with E-state index in [9.17, 15) is 82.7 Å². The minimum atomic E-state index is -1.12. The fourth-order valence-electron chi connectivity index (χ4n) is 17.5. The molecule has 21 nitrogen and oxygen atoms in total. The normalized spacial score (nSPS) is 14.3. The third-order valence-electron chi connectivity index (χ3n) is 24.5. The van der Waals surface area contributed by atoms with Crippen LogP contribution in [0.25, 0.3) is 34.4 Å². The van der Waals surface area contributed by atoms with Crippen LogP contribution in [0.1, 0.15) is 254 Å². The van der Waals surface area contributed by atoms with Gasteiger partial charge in [-0.05, 0) is 161 Å². The van der Waals surface area contributed by atoms with Gasteiger partial charge in [-0.15, -0.1) is 0 Å². The Bertz CT molecular complexity index is 6190. The molecule has 15 rings (SSSR count). The van der Waals surface area contributed by atoms with E-state index in [2.05, 4.69) is 10.3 Å². The van der Waals surface area contributed by atoms with Crippen LogP contribution in [-0.2, 0) is 33.6 Å². The van der Waals surface area contributed by atoms with Crippen LogP contribution in [0.5, 0.6) is 0 Å². The standard InChI is InChI=1S/2C37H38F3N3O4.C33H32F3N3O3.C4H7ClO/c2*1-22(2)34(44)42(18-17-25(21-38)43-35(45)26-13-9-10-14-27(26)36(43)46)32(37(3,4)5)31-30(19-23-11-7-6-8-12-23)47-33(41-31)28-20-24(39)15-16-29(28)40;1-33(2,3)29(37-16-15-22(19-34)39-31(40)23-11-7-8-12-24(23)32(39)41)28-27(17-20-9-5-4-6-10-20)42-30(38-28)25-18-21(35)13-14-26(25)36;1-3(2)4(5)6/h2*6-16,20,22,25,32H,17-19,21H2,1-5H3;4-14,18,22,29,37H,15-17,19H2,1-3H3;3H,1-2H3/t25-,32+;25-,32-;22-,29?;/m000./s1. The van der Waals surface area contributed by atoms with Crippen molar-refractivity contribution in [2.24, 2.45) is 34.0 Å². The molecular weight excluding hydrogens is 1860 g/mol. The smallest absolute Gasteiger partial charge is 0.261 e. The molecule has 9 aromatic carbocycles. The van der Waals surface area contributed by atoms with Crippen molar-refractivity contribution in [2.45, 2.75) is 179 Å². The summed E-state index contributed by atoms with van der Waals surface area (Å²) in [6, 6.07) is 51.5. The van der Waals surface area contributed by atoms with Gasteiger partial charge in [-0.3, -0.25) is 57.9 Å². The van der Waals surface area contributed by atoms with Gasteiger partial charge in [0.1, 0.15) is 89.3 Å².